The zero-order chi connectivity index (χ0) is 26.8. The van der Waals surface area contributed by atoms with Gasteiger partial charge in [0.2, 0.25) is 0 Å². The zero-order valence-corrected chi connectivity index (χ0v) is 23.8. The Hall–Kier alpha value is -1.24. The minimum absolute atomic E-state index is 0.152. The highest BCUT2D eigenvalue weighted by Gasteiger charge is 2.34. The van der Waals surface area contributed by atoms with Gasteiger partial charge in [0.25, 0.3) is 5.91 Å². The number of fused-ring (bicyclic) bond motifs is 1. The van der Waals surface area contributed by atoms with Gasteiger partial charge >= 0.3 is 7.82 Å². The van der Waals surface area contributed by atoms with E-state index in [1.165, 1.54) is 89.9 Å². The van der Waals surface area contributed by atoms with Gasteiger partial charge in [-0.25, -0.2) is 4.57 Å². The van der Waals surface area contributed by atoms with E-state index in [4.69, 9.17) is 19.0 Å². The van der Waals surface area contributed by atoms with Gasteiger partial charge in [-0.1, -0.05) is 121 Å². The lowest BCUT2D eigenvalue weighted by molar-refractivity contribution is 0.0252. The number of rotatable bonds is 23. The molecule has 1 aliphatic heterocycles. The van der Waals surface area contributed by atoms with Crippen LogP contribution in [0.2, 0.25) is 0 Å². The van der Waals surface area contributed by atoms with E-state index in [9.17, 15) is 9.36 Å². The zero-order valence-electron chi connectivity index (χ0n) is 23.0. The summed E-state index contributed by atoms with van der Waals surface area (Å²) in [6.45, 7) is 3.16. The second kappa shape index (κ2) is 18.9. The van der Waals surface area contributed by atoms with Crippen molar-refractivity contribution in [2.75, 3.05) is 19.8 Å². The number of nitrogens with zero attached hydrogens (tertiary/aromatic N) is 1. The average molecular weight is 540 g/mol. The van der Waals surface area contributed by atoms with Gasteiger partial charge in [-0.2, -0.15) is 0 Å². The maximum atomic E-state index is 12.8. The molecule has 1 aromatic carbocycles. The van der Waals surface area contributed by atoms with Crippen molar-refractivity contribution in [1.82, 2.24) is 4.90 Å². The second-order valence-corrected chi connectivity index (χ2v) is 11.6. The summed E-state index contributed by atoms with van der Waals surface area (Å²) in [6.07, 6.45) is 21.0. The lowest BCUT2D eigenvalue weighted by Crippen LogP contribution is -2.42. The van der Waals surface area contributed by atoms with Crippen LogP contribution in [0.25, 0.3) is 0 Å². The molecule has 0 radical (unpaired) electrons. The van der Waals surface area contributed by atoms with E-state index in [1.807, 2.05) is 18.2 Å². The van der Waals surface area contributed by atoms with E-state index in [0.717, 1.165) is 18.4 Å². The standard InChI is InChI=1S/C29H50NO6P/c1-2-3-4-5-6-7-8-9-10-11-12-13-14-15-16-19-22-35-24-27(25-36-37(32,33)34)30-23-26-20-17-18-21-28(26)29(30)31/h17-18,20-21,27H,2-16,19,22-25H2,1H3,(H2,32,33,34)/t27-/m1/s1. The van der Waals surface area contributed by atoms with Crippen molar-refractivity contribution in [2.45, 2.75) is 122 Å². The Morgan fingerprint density at radius 1 is 0.811 bits per heavy atom. The van der Waals surface area contributed by atoms with Gasteiger partial charge < -0.3 is 19.4 Å². The van der Waals surface area contributed by atoms with Crippen molar-refractivity contribution in [1.29, 1.82) is 0 Å². The SMILES string of the molecule is CCCCCCCCCCCCCCCCCCOC[C@H](COP(=O)(O)O)N1Cc2ccccc2C1=O. The first kappa shape index (κ1) is 32.0. The fraction of sp³-hybridized carbons (Fsp3) is 0.759. The van der Waals surface area contributed by atoms with Gasteiger partial charge in [0.15, 0.2) is 0 Å². The highest BCUT2D eigenvalue weighted by Crippen LogP contribution is 2.36. The highest BCUT2D eigenvalue weighted by molar-refractivity contribution is 7.46. The minimum Gasteiger partial charge on any atom is -0.379 e. The Morgan fingerprint density at radius 3 is 1.84 bits per heavy atom. The monoisotopic (exact) mass is 539 g/mol. The quantitative estimate of drug-likeness (QED) is 0.111. The predicted octanol–water partition coefficient (Wildman–Crippen LogP) is 7.40. The van der Waals surface area contributed by atoms with Crippen LogP contribution in [0.15, 0.2) is 24.3 Å². The average Bonchev–Trinajstić information content (AvgIpc) is 3.20. The Bertz CT molecular complexity index is 798. The number of phosphoric ester groups is 1. The van der Waals surface area contributed by atoms with Gasteiger partial charge in [-0.05, 0) is 18.1 Å². The number of amides is 1. The number of unbranched alkanes of at least 4 members (excludes halogenated alkanes) is 15. The third kappa shape index (κ3) is 13.9. The molecule has 0 unspecified atom stereocenters. The molecule has 2 N–H and O–H groups in total. The summed E-state index contributed by atoms with van der Waals surface area (Å²) in [5, 5.41) is 0. The molecule has 0 aromatic heterocycles. The number of carbonyl (C=O) groups excluding carboxylic acids is 1. The molecule has 37 heavy (non-hydrogen) atoms. The molecule has 1 aliphatic rings. The lowest BCUT2D eigenvalue weighted by Gasteiger charge is -2.27. The van der Waals surface area contributed by atoms with Crippen molar-refractivity contribution in [3.63, 3.8) is 0 Å². The molecule has 0 aliphatic carbocycles. The second-order valence-electron chi connectivity index (χ2n) is 10.4. The van der Waals surface area contributed by atoms with E-state index in [2.05, 4.69) is 6.92 Å². The normalized spacial score (nSPS) is 14.4. The Morgan fingerprint density at radius 2 is 1.32 bits per heavy atom. The molecule has 0 fully saturated rings. The molecule has 0 saturated carbocycles. The molecule has 7 nitrogen and oxygen atoms in total. The summed E-state index contributed by atoms with van der Waals surface area (Å²) in [4.78, 5) is 32.6. The fourth-order valence-corrected chi connectivity index (χ4v) is 5.32. The van der Waals surface area contributed by atoms with Crippen LogP contribution in [0.1, 0.15) is 126 Å². The van der Waals surface area contributed by atoms with Crippen LogP contribution in [-0.2, 0) is 20.4 Å². The third-order valence-electron chi connectivity index (χ3n) is 7.18. The summed E-state index contributed by atoms with van der Waals surface area (Å²) in [6, 6.07) is 6.81. The molecule has 2 rings (SSSR count). The summed E-state index contributed by atoms with van der Waals surface area (Å²) in [5.74, 6) is -0.152. The molecule has 212 valence electrons. The Balaban J connectivity index is 1.49. The number of phosphoric acid groups is 1. The van der Waals surface area contributed by atoms with E-state index in [1.54, 1.807) is 11.0 Å². The number of carbonyl (C=O) groups is 1. The Kier molecular flexibility index (Phi) is 16.3. The van der Waals surface area contributed by atoms with Crippen LogP contribution in [-0.4, -0.2) is 46.5 Å². The van der Waals surface area contributed by atoms with Crippen LogP contribution in [0.3, 0.4) is 0 Å². The maximum Gasteiger partial charge on any atom is 0.469 e. The number of benzene rings is 1. The fourth-order valence-electron chi connectivity index (χ4n) is 4.95. The van der Waals surface area contributed by atoms with Gasteiger partial charge in [-0.3, -0.25) is 9.32 Å². The van der Waals surface area contributed by atoms with Crippen LogP contribution < -0.4 is 0 Å². The molecule has 1 atom stereocenters. The van der Waals surface area contributed by atoms with Gasteiger partial charge in [0.1, 0.15) is 0 Å². The van der Waals surface area contributed by atoms with Crippen molar-refractivity contribution < 1.29 is 28.4 Å². The summed E-state index contributed by atoms with van der Waals surface area (Å²) >= 11 is 0. The molecule has 0 saturated heterocycles. The molecule has 0 bridgehead atoms. The first-order valence-electron chi connectivity index (χ1n) is 14.6. The largest absolute Gasteiger partial charge is 0.469 e. The molecular formula is C29H50NO6P. The van der Waals surface area contributed by atoms with Crippen LogP contribution in [0, 0.1) is 0 Å². The molecule has 1 amide bonds. The minimum atomic E-state index is -4.63. The van der Waals surface area contributed by atoms with Crippen molar-refractivity contribution in [3.8, 4) is 0 Å². The lowest BCUT2D eigenvalue weighted by atomic mass is 10.0. The van der Waals surface area contributed by atoms with Gasteiger partial charge in [0.05, 0.1) is 19.3 Å². The van der Waals surface area contributed by atoms with Gasteiger partial charge in [0, 0.05) is 18.7 Å². The molecule has 8 heteroatoms. The smallest absolute Gasteiger partial charge is 0.379 e. The van der Waals surface area contributed by atoms with Crippen molar-refractivity contribution in [2.24, 2.45) is 0 Å². The number of hydrogen-bond donors (Lipinski definition) is 2. The highest BCUT2D eigenvalue weighted by atomic mass is 31.2. The first-order chi connectivity index (χ1) is 17.9. The van der Waals surface area contributed by atoms with E-state index in [0.29, 0.717) is 18.7 Å². The number of ether oxygens (including phenoxy) is 1. The molecular weight excluding hydrogens is 489 g/mol. The molecule has 0 spiro atoms. The number of hydrogen-bond acceptors (Lipinski definition) is 4. The summed E-state index contributed by atoms with van der Waals surface area (Å²) in [7, 11) is -4.63. The van der Waals surface area contributed by atoms with Crippen LogP contribution in [0.5, 0.6) is 0 Å². The van der Waals surface area contributed by atoms with Crippen LogP contribution in [0.4, 0.5) is 0 Å². The summed E-state index contributed by atoms with van der Waals surface area (Å²) in [5.41, 5.74) is 1.54. The van der Waals surface area contributed by atoms with E-state index >= 15 is 0 Å². The molecule has 1 aromatic rings. The topological polar surface area (TPSA) is 96.3 Å². The maximum absolute atomic E-state index is 12.8. The van der Waals surface area contributed by atoms with Crippen LogP contribution >= 0.6 is 7.82 Å². The van der Waals surface area contributed by atoms with Crippen molar-refractivity contribution >= 4 is 13.7 Å². The van der Waals surface area contributed by atoms with Crippen molar-refractivity contribution in [3.05, 3.63) is 35.4 Å². The molecule has 1 heterocycles. The Labute approximate surface area is 224 Å². The summed E-state index contributed by atoms with van der Waals surface area (Å²) < 4.78 is 21.8. The predicted molar refractivity (Wildman–Crippen MR) is 148 cm³/mol. The third-order valence-corrected chi connectivity index (χ3v) is 7.66. The van der Waals surface area contributed by atoms with E-state index < -0.39 is 13.9 Å². The van der Waals surface area contributed by atoms with Gasteiger partial charge in [-0.15, -0.1) is 0 Å². The van der Waals surface area contributed by atoms with E-state index in [-0.39, 0.29) is 19.1 Å². The first-order valence-corrected chi connectivity index (χ1v) is 16.1.